The van der Waals surface area contributed by atoms with Gasteiger partial charge in [-0.25, -0.2) is 4.39 Å². The molecule has 0 saturated carbocycles. The van der Waals surface area contributed by atoms with Crippen LogP contribution in [0.4, 0.5) is 10.1 Å². The highest BCUT2D eigenvalue weighted by Crippen LogP contribution is 2.17. The number of benzene rings is 3. The smallest absolute Gasteiger partial charge is 0.255 e. The zero-order valence-electron chi connectivity index (χ0n) is 14.8. The molecule has 0 aliphatic rings. The SMILES string of the molecule is Cc1ccccc1CNC(=O)c1ccccc1NC(=O)c1ccc(F)cc1. The molecule has 0 aliphatic heterocycles. The second-order valence-electron chi connectivity index (χ2n) is 6.12. The lowest BCUT2D eigenvalue weighted by Crippen LogP contribution is -2.25. The van der Waals surface area contributed by atoms with Crippen molar-refractivity contribution in [1.82, 2.24) is 5.32 Å². The fraction of sp³-hybridized carbons (Fsp3) is 0.0909. The fourth-order valence-corrected chi connectivity index (χ4v) is 2.67. The second-order valence-corrected chi connectivity index (χ2v) is 6.12. The minimum atomic E-state index is -0.414. The molecule has 5 heteroatoms. The van der Waals surface area contributed by atoms with Gasteiger partial charge in [0.15, 0.2) is 0 Å². The van der Waals surface area contributed by atoms with Crippen molar-refractivity contribution in [2.45, 2.75) is 13.5 Å². The average molecular weight is 362 g/mol. The summed E-state index contributed by atoms with van der Waals surface area (Å²) < 4.78 is 13.0. The summed E-state index contributed by atoms with van der Waals surface area (Å²) in [6.45, 7) is 2.38. The topological polar surface area (TPSA) is 58.2 Å². The highest BCUT2D eigenvalue weighted by atomic mass is 19.1. The molecular formula is C22H19FN2O2. The van der Waals surface area contributed by atoms with Crippen molar-refractivity contribution in [3.63, 3.8) is 0 Å². The molecule has 0 fully saturated rings. The van der Waals surface area contributed by atoms with Crippen LogP contribution >= 0.6 is 0 Å². The Kier molecular flexibility index (Phi) is 5.61. The zero-order valence-corrected chi connectivity index (χ0v) is 14.8. The number of para-hydroxylation sites is 1. The van der Waals surface area contributed by atoms with E-state index in [0.29, 0.717) is 23.4 Å². The highest BCUT2D eigenvalue weighted by Gasteiger charge is 2.14. The Hall–Kier alpha value is -3.47. The highest BCUT2D eigenvalue weighted by molar-refractivity contribution is 6.08. The largest absolute Gasteiger partial charge is 0.348 e. The van der Waals surface area contributed by atoms with Crippen molar-refractivity contribution in [2.24, 2.45) is 0 Å². The van der Waals surface area contributed by atoms with Gasteiger partial charge in [0.1, 0.15) is 5.82 Å². The molecule has 2 amide bonds. The Balaban J connectivity index is 1.73. The van der Waals surface area contributed by atoms with Gasteiger partial charge in [-0.1, -0.05) is 36.4 Å². The number of hydrogen-bond donors (Lipinski definition) is 2. The lowest BCUT2D eigenvalue weighted by Gasteiger charge is -2.12. The maximum Gasteiger partial charge on any atom is 0.255 e. The van der Waals surface area contributed by atoms with Gasteiger partial charge in [-0.15, -0.1) is 0 Å². The summed E-state index contributed by atoms with van der Waals surface area (Å²) in [4.78, 5) is 25.0. The maximum atomic E-state index is 13.0. The number of amides is 2. The molecule has 136 valence electrons. The number of halogens is 1. The van der Waals surface area contributed by atoms with Gasteiger partial charge in [-0.05, 0) is 54.4 Å². The Morgan fingerprint density at radius 1 is 0.852 bits per heavy atom. The van der Waals surface area contributed by atoms with Crippen molar-refractivity contribution in [3.05, 3.63) is 101 Å². The standard InChI is InChI=1S/C22H19FN2O2/c1-15-6-2-3-7-17(15)14-24-22(27)19-8-4-5-9-20(19)25-21(26)16-10-12-18(23)13-11-16/h2-13H,14H2,1H3,(H,24,27)(H,25,26). The summed E-state index contributed by atoms with van der Waals surface area (Å²) in [5.74, 6) is -1.11. The van der Waals surface area contributed by atoms with Crippen molar-refractivity contribution < 1.29 is 14.0 Å². The number of hydrogen-bond acceptors (Lipinski definition) is 2. The van der Waals surface area contributed by atoms with E-state index in [2.05, 4.69) is 10.6 Å². The van der Waals surface area contributed by atoms with Crippen LogP contribution in [0.1, 0.15) is 31.8 Å². The lowest BCUT2D eigenvalue weighted by atomic mass is 10.1. The molecule has 0 aromatic heterocycles. The van der Waals surface area contributed by atoms with E-state index < -0.39 is 11.7 Å². The molecule has 4 nitrogen and oxygen atoms in total. The van der Waals surface area contributed by atoms with E-state index in [-0.39, 0.29) is 5.91 Å². The second kappa shape index (κ2) is 8.27. The fourth-order valence-electron chi connectivity index (χ4n) is 2.67. The third kappa shape index (κ3) is 4.58. The van der Waals surface area contributed by atoms with Crippen LogP contribution in [0.25, 0.3) is 0 Å². The van der Waals surface area contributed by atoms with Crippen LogP contribution in [-0.2, 0) is 6.54 Å². The van der Waals surface area contributed by atoms with Gasteiger partial charge in [-0.2, -0.15) is 0 Å². The summed E-state index contributed by atoms with van der Waals surface area (Å²) in [6.07, 6.45) is 0. The first-order valence-electron chi connectivity index (χ1n) is 8.53. The first-order chi connectivity index (χ1) is 13.0. The van der Waals surface area contributed by atoms with E-state index >= 15 is 0 Å². The molecule has 0 atom stereocenters. The van der Waals surface area contributed by atoms with Crippen molar-refractivity contribution >= 4 is 17.5 Å². The summed E-state index contributed by atoms with van der Waals surface area (Å²) in [5, 5.41) is 5.59. The number of rotatable bonds is 5. The summed E-state index contributed by atoms with van der Waals surface area (Å²) in [7, 11) is 0. The molecule has 2 N–H and O–H groups in total. The monoisotopic (exact) mass is 362 g/mol. The molecule has 0 aliphatic carbocycles. The quantitative estimate of drug-likeness (QED) is 0.710. The normalized spacial score (nSPS) is 10.3. The van der Waals surface area contributed by atoms with Crippen LogP contribution < -0.4 is 10.6 Å². The summed E-state index contributed by atoms with van der Waals surface area (Å²) in [6, 6.07) is 19.8. The number of nitrogens with one attached hydrogen (secondary N) is 2. The van der Waals surface area contributed by atoms with E-state index in [1.54, 1.807) is 24.3 Å². The molecule has 3 aromatic rings. The van der Waals surface area contributed by atoms with Crippen LogP contribution in [0.5, 0.6) is 0 Å². The van der Waals surface area contributed by atoms with E-state index in [1.807, 2.05) is 31.2 Å². The third-order valence-corrected chi connectivity index (χ3v) is 4.23. The van der Waals surface area contributed by atoms with Crippen LogP contribution in [0.3, 0.4) is 0 Å². The first kappa shape index (κ1) is 18.3. The van der Waals surface area contributed by atoms with Crippen molar-refractivity contribution in [3.8, 4) is 0 Å². The summed E-state index contributed by atoms with van der Waals surface area (Å²) in [5.41, 5.74) is 3.19. The van der Waals surface area contributed by atoms with E-state index in [0.717, 1.165) is 11.1 Å². The van der Waals surface area contributed by atoms with Crippen LogP contribution in [0.15, 0.2) is 72.8 Å². The molecule has 27 heavy (non-hydrogen) atoms. The lowest BCUT2D eigenvalue weighted by molar-refractivity contribution is 0.0951. The van der Waals surface area contributed by atoms with Gasteiger partial charge >= 0.3 is 0 Å². The molecule has 0 heterocycles. The van der Waals surface area contributed by atoms with Gasteiger partial charge < -0.3 is 10.6 Å². The Labute approximate surface area is 157 Å². The van der Waals surface area contributed by atoms with Crippen LogP contribution in [0.2, 0.25) is 0 Å². The number of carbonyl (C=O) groups excluding carboxylic acids is 2. The van der Waals surface area contributed by atoms with Gasteiger partial charge in [0.2, 0.25) is 0 Å². The molecule has 0 unspecified atom stereocenters. The summed E-state index contributed by atoms with van der Waals surface area (Å²) >= 11 is 0. The average Bonchev–Trinajstić information content (AvgIpc) is 2.68. The predicted octanol–water partition coefficient (Wildman–Crippen LogP) is 4.32. The molecule has 0 spiro atoms. The van der Waals surface area contributed by atoms with Crippen LogP contribution in [-0.4, -0.2) is 11.8 Å². The number of aryl methyl sites for hydroxylation is 1. The molecule has 0 radical (unpaired) electrons. The Bertz CT molecular complexity index is 968. The van der Waals surface area contributed by atoms with Crippen molar-refractivity contribution in [1.29, 1.82) is 0 Å². The maximum absolute atomic E-state index is 13.0. The van der Waals surface area contributed by atoms with Gasteiger partial charge in [0.25, 0.3) is 11.8 Å². The molecular weight excluding hydrogens is 343 g/mol. The van der Waals surface area contributed by atoms with Crippen LogP contribution in [0, 0.1) is 12.7 Å². The minimum Gasteiger partial charge on any atom is -0.348 e. The number of anilines is 1. The van der Waals surface area contributed by atoms with E-state index in [4.69, 9.17) is 0 Å². The predicted molar refractivity (Wildman–Crippen MR) is 103 cm³/mol. The van der Waals surface area contributed by atoms with E-state index in [9.17, 15) is 14.0 Å². The van der Waals surface area contributed by atoms with E-state index in [1.165, 1.54) is 24.3 Å². The van der Waals surface area contributed by atoms with Gasteiger partial charge in [0.05, 0.1) is 11.3 Å². The molecule has 3 aromatic carbocycles. The van der Waals surface area contributed by atoms with Gasteiger partial charge in [0, 0.05) is 12.1 Å². The first-order valence-corrected chi connectivity index (χ1v) is 8.53. The zero-order chi connectivity index (χ0) is 19.2. The number of carbonyl (C=O) groups is 2. The molecule has 3 rings (SSSR count). The third-order valence-electron chi connectivity index (χ3n) is 4.23. The Morgan fingerprint density at radius 3 is 2.26 bits per heavy atom. The Morgan fingerprint density at radius 2 is 1.52 bits per heavy atom. The molecule has 0 bridgehead atoms. The molecule has 0 saturated heterocycles. The van der Waals surface area contributed by atoms with Gasteiger partial charge in [-0.3, -0.25) is 9.59 Å². The minimum absolute atomic E-state index is 0.284. The van der Waals surface area contributed by atoms with Crippen molar-refractivity contribution in [2.75, 3.05) is 5.32 Å².